The van der Waals surface area contributed by atoms with Gasteiger partial charge in [-0.05, 0) is 55.5 Å². The molecule has 0 atom stereocenters. The molecule has 0 aliphatic carbocycles. The third-order valence-corrected chi connectivity index (χ3v) is 4.26. The molecule has 30 heavy (non-hydrogen) atoms. The highest BCUT2D eigenvalue weighted by Crippen LogP contribution is 2.11. The van der Waals surface area contributed by atoms with Crippen molar-refractivity contribution in [3.8, 4) is 0 Å². The van der Waals surface area contributed by atoms with Crippen LogP contribution in [0.3, 0.4) is 0 Å². The molecule has 0 radical (unpaired) electrons. The highest BCUT2D eigenvalue weighted by Gasteiger charge is 2.09. The van der Waals surface area contributed by atoms with Gasteiger partial charge in [0.2, 0.25) is 0 Å². The fraction of sp³-hybridized carbons (Fsp3) is 0.0870. The number of rotatable bonds is 6. The summed E-state index contributed by atoms with van der Waals surface area (Å²) in [5.41, 5.74) is 8.12. The van der Waals surface area contributed by atoms with Gasteiger partial charge in [-0.25, -0.2) is 0 Å². The van der Waals surface area contributed by atoms with Crippen LogP contribution in [0.15, 0.2) is 78.9 Å². The largest absolute Gasteiger partial charge is 0.376 e. The van der Waals surface area contributed by atoms with Gasteiger partial charge in [0, 0.05) is 22.5 Å². The SMILES string of the molecule is Cc1ccc(NCC(=O)NNC(=O)c2ccc(NC(=O)c3ccccc3)cc2)cc1. The van der Waals surface area contributed by atoms with E-state index in [0.29, 0.717) is 16.8 Å². The first-order valence-corrected chi connectivity index (χ1v) is 9.37. The average Bonchev–Trinajstić information content (AvgIpc) is 2.78. The van der Waals surface area contributed by atoms with E-state index in [1.54, 1.807) is 48.5 Å². The van der Waals surface area contributed by atoms with Crippen LogP contribution in [-0.2, 0) is 4.79 Å². The lowest BCUT2D eigenvalue weighted by Gasteiger charge is -2.10. The first-order valence-electron chi connectivity index (χ1n) is 9.37. The zero-order valence-electron chi connectivity index (χ0n) is 16.4. The smallest absolute Gasteiger partial charge is 0.269 e. The lowest BCUT2D eigenvalue weighted by Crippen LogP contribution is -2.44. The third kappa shape index (κ3) is 5.93. The van der Waals surface area contributed by atoms with E-state index >= 15 is 0 Å². The Balaban J connectivity index is 1.45. The van der Waals surface area contributed by atoms with Crippen LogP contribution in [-0.4, -0.2) is 24.3 Å². The van der Waals surface area contributed by atoms with E-state index in [1.807, 2.05) is 37.3 Å². The molecule has 0 aliphatic heterocycles. The van der Waals surface area contributed by atoms with Gasteiger partial charge in [-0.3, -0.25) is 25.2 Å². The number of aryl methyl sites for hydroxylation is 1. The molecule has 0 spiro atoms. The normalized spacial score (nSPS) is 10.0. The quantitative estimate of drug-likeness (QED) is 0.476. The summed E-state index contributed by atoms with van der Waals surface area (Å²) in [4.78, 5) is 36.2. The summed E-state index contributed by atoms with van der Waals surface area (Å²) in [7, 11) is 0. The molecule has 0 saturated carbocycles. The summed E-state index contributed by atoms with van der Waals surface area (Å²) >= 11 is 0. The summed E-state index contributed by atoms with van der Waals surface area (Å²) in [6.07, 6.45) is 0. The van der Waals surface area contributed by atoms with E-state index in [2.05, 4.69) is 21.5 Å². The maximum Gasteiger partial charge on any atom is 0.269 e. The van der Waals surface area contributed by atoms with Crippen molar-refractivity contribution in [3.05, 3.63) is 95.6 Å². The van der Waals surface area contributed by atoms with Crippen molar-refractivity contribution in [2.24, 2.45) is 0 Å². The van der Waals surface area contributed by atoms with Gasteiger partial charge in [-0.2, -0.15) is 0 Å². The van der Waals surface area contributed by atoms with Crippen LogP contribution in [0.4, 0.5) is 11.4 Å². The molecule has 4 N–H and O–H groups in total. The molecule has 0 aliphatic rings. The molecule has 152 valence electrons. The zero-order chi connectivity index (χ0) is 21.3. The van der Waals surface area contributed by atoms with Crippen molar-refractivity contribution < 1.29 is 14.4 Å². The highest BCUT2D eigenvalue weighted by atomic mass is 16.2. The van der Waals surface area contributed by atoms with E-state index in [-0.39, 0.29) is 18.4 Å². The van der Waals surface area contributed by atoms with Gasteiger partial charge in [0.05, 0.1) is 6.54 Å². The van der Waals surface area contributed by atoms with Gasteiger partial charge in [-0.1, -0.05) is 35.9 Å². The summed E-state index contributed by atoms with van der Waals surface area (Å²) in [6, 6.07) is 22.8. The first-order chi connectivity index (χ1) is 14.5. The molecule has 0 aromatic heterocycles. The molecular formula is C23H22N4O3. The lowest BCUT2D eigenvalue weighted by atomic mass is 10.1. The molecule has 0 heterocycles. The van der Waals surface area contributed by atoms with Crippen LogP contribution in [0.1, 0.15) is 26.3 Å². The number of hydrogen-bond donors (Lipinski definition) is 4. The topological polar surface area (TPSA) is 99.3 Å². The number of anilines is 2. The highest BCUT2D eigenvalue weighted by molar-refractivity contribution is 6.04. The molecule has 7 nitrogen and oxygen atoms in total. The number of carbonyl (C=O) groups excluding carboxylic acids is 3. The number of amides is 3. The maximum atomic E-state index is 12.2. The van der Waals surface area contributed by atoms with Crippen LogP contribution in [0.25, 0.3) is 0 Å². The molecule has 0 fully saturated rings. The van der Waals surface area contributed by atoms with E-state index in [0.717, 1.165) is 11.3 Å². The van der Waals surface area contributed by atoms with E-state index in [9.17, 15) is 14.4 Å². The van der Waals surface area contributed by atoms with Crippen LogP contribution < -0.4 is 21.5 Å². The molecule has 3 amide bonds. The number of carbonyl (C=O) groups is 3. The minimum atomic E-state index is -0.459. The van der Waals surface area contributed by atoms with Crippen molar-refractivity contribution in [2.45, 2.75) is 6.92 Å². The second kappa shape index (κ2) is 9.88. The Labute approximate surface area is 174 Å². The Kier molecular flexibility index (Phi) is 6.78. The Hall–Kier alpha value is -4.13. The van der Waals surface area contributed by atoms with Crippen LogP contribution in [0, 0.1) is 6.92 Å². The predicted octanol–water partition coefficient (Wildman–Crippen LogP) is 3.12. The van der Waals surface area contributed by atoms with Gasteiger partial charge in [0.15, 0.2) is 0 Å². The minimum absolute atomic E-state index is 0.0216. The summed E-state index contributed by atoms with van der Waals surface area (Å²) in [5, 5.41) is 5.73. The Morgan fingerprint density at radius 2 is 1.27 bits per heavy atom. The minimum Gasteiger partial charge on any atom is -0.376 e. The molecule has 0 saturated heterocycles. The number of nitrogens with one attached hydrogen (secondary N) is 4. The predicted molar refractivity (Wildman–Crippen MR) is 116 cm³/mol. The second-order valence-electron chi connectivity index (χ2n) is 6.62. The molecule has 7 heteroatoms. The van der Waals surface area contributed by atoms with Crippen LogP contribution >= 0.6 is 0 Å². The van der Waals surface area contributed by atoms with Gasteiger partial charge < -0.3 is 10.6 Å². The molecular weight excluding hydrogens is 380 g/mol. The van der Waals surface area contributed by atoms with Crippen molar-refractivity contribution in [1.29, 1.82) is 0 Å². The molecule has 0 unspecified atom stereocenters. The Morgan fingerprint density at radius 1 is 0.667 bits per heavy atom. The third-order valence-electron chi connectivity index (χ3n) is 4.26. The van der Waals surface area contributed by atoms with E-state index < -0.39 is 5.91 Å². The average molecular weight is 402 g/mol. The Morgan fingerprint density at radius 3 is 1.93 bits per heavy atom. The van der Waals surface area contributed by atoms with Crippen molar-refractivity contribution >= 4 is 29.1 Å². The fourth-order valence-electron chi connectivity index (χ4n) is 2.59. The summed E-state index contributed by atoms with van der Waals surface area (Å²) in [6.45, 7) is 2.00. The van der Waals surface area contributed by atoms with Crippen LogP contribution in [0.2, 0.25) is 0 Å². The van der Waals surface area contributed by atoms with Crippen molar-refractivity contribution in [2.75, 3.05) is 17.2 Å². The lowest BCUT2D eigenvalue weighted by molar-refractivity contribution is -0.120. The zero-order valence-corrected chi connectivity index (χ0v) is 16.4. The monoisotopic (exact) mass is 402 g/mol. The summed E-state index contributed by atoms with van der Waals surface area (Å²) in [5.74, 6) is -1.07. The van der Waals surface area contributed by atoms with E-state index in [1.165, 1.54) is 0 Å². The molecule has 3 aromatic carbocycles. The van der Waals surface area contributed by atoms with Crippen molar-refractivity contribution in [3.63, 3.8) is 0 Å². The first kappa shape index (κ1) is 20.6. The van der Waals surface area contributed by atoms with Gasteiger partial charge >= 0.3 is 0 Å². The maximum absolute atomic E-state index is 12.2. The van der Waals surface area contributed by atoms with Crippen molar-refractivity contribution in [1.82, 2.24) is 10.9 Å². The molecule has 3 aromatic rings. The number of hydrogen-bond acceptors (Lipinski definition) is 4. The summed E-state index contributed by atoms with van der Waals surface area (Å²) < 4.78 is 0. The van der Waals surface area contributed by atoms with Gasteiger partial charge in [-0.15, -0.1) is 0 Å². The van der Waals surface area contributed by atoms with Gasteiger partial charge in [0.25, 0.3) is 17.7 Å². The van der Waals surface area contributed by atoms with Crippen LogP contribution in [0.5, 0.6) is 0 Å². The fourth-order valence-corrected chi connectivity index (χ4v) is 2.59. The Bertz CT molecular complexity index is 1020. The standard InChI is InChI=1S/C23H22N4O3/c1-16-7-11-19(12-8-16)24-15-21(28)26-27-23(30)18-9-13-20(14-10-18)25-22(29)17-5-3-2-4-6-17/h2-14,24H,15H2,1H3,(H,25,29)(H,26,28)(H,27,30). The second-order valence-corrected chi connectivity index (χ2v) is 6.62. The van der Waals surface area contributed by atoms with E-state index in [4.69, 9.17) is 0 Å². The molecule has 3 rings (SSSR count). The number of benzene rings is 3. The van der Waals surface area contributed by atoms with Gasteiger partial charge in [0.1, 0.15) is 0 Å². The molecule has 0 bridgehead atoms. The number of hydrazine groups is 1.